The summed E-state index contributed by atoms with van der Waals surface area (Å²) in [5, 5.41) is -0.0992. The van der Waals surface area contributed by atoms with Gasteiger partial charge < -0.3 is 0 Å². The lowest BCUT2D eigenvalue weighted by Crippen LogP contribution is -2.42. The van der Waals surface area contributed by atoms with E-state index in [9.17, 15) is 17.6 Å². The molecule has 1 aromatic carbocycles. The number of sulfonamides is 1. The van der Waals surface area contributed by atoms with Crippen LogP contribution < -0.4 is 0 Å². The summed E-state index contributed by atoms with van der Waals surface area (Å²) in [4.78, 5) is 14.0. The maximum atomic E-state index is 13.0. The Morgan fingerprint density at radius 1 is 1.17 bits per heavy atom. The molecule has 1 saturated heterocycles. The van der Waals surface area contributed by atoms with Gasteiger partial charge in [-0.15, -0.1) is 4.40 Å². The molecule has 0 bridgehead atoms. The van der Waals surface area contributed by atoms with Crippen LogP contribution in [0.1, 0.15) is 39.0 Å². The van der Waals surface area contributed by atoms with Crippen molar-refractivity contribution >= 4 is 32.9 Å². The number of hydrogen-bond acceptors (Lipinski definition) is 4. The summed E-state index contributed by atoms with van der Waals surface area (Å²) in [5.74, 6) is -0.593. The molecule has 1 aliphatic carbocycles. The van der Waals surface area contributed by atoms with Crippen LogP contribution in [0.25, 0.3) is 0 Å². The van der Waals surface area contributed by atoms with Crippen molar-refractivity contribution in [3.8, 4) is 0 Å². The van der Waals surface area contributed by atoms with Crippen molar-refractivity contribution < 1.29 is 17.6 Å². The molecule has 1 heterocycles. The van der Waals surface area contributed by atoms with Gasteiger partial charge in [-0.1, -0.05) is 31.0 Å². The van der Waals surface area contributed by atoms with Gasteiger partial charge in [0.15, 0.2) is 5.17 Å². The minimum absolute atomic E-state index is 0.0193. The lowest BCUT2D eigenvalue weighted by Gasteiger charge is -2.30. The molecule has 1 amide bonds. The molecule has 1 aliphatic heterocycles. The van der Waals surface area contributed by atoms with Crippen LogP contribution in [0.15, 0.2) is 33.6 Å². The average molecular weight is 370 g/mol. The molecule has 5 nitrogen and oxygen atoms in total. The molecule has 8 heteroatoms. The van der Waals surface area contributed by atoms with Crippen LogP contribution in [0.3, 0.4) is 0 Å². The van der Waals surface area contributed by atoms with Gasteiger partial charge in [0.05, 0.1) is 10.1 Å². The Labute approximate surface area is 145 Å². The highest BCUT2D eigenvalue weighted by Crippen LogP contribution is 2.34. The first kappa shape index (κ1) is 17.4. The van der Waals surface area contributed by atoms with E-state index < -0.39 is 15.8 Å². The first-order valence-electron chi connectivity index (χ1n) is 7.99. The van der Waals surface area contributed by atoms with Crippen molar-refractivity contribution in [1.82, 2.24) is 4.90 Å². The number of rotatable bonds is 3. The smallest absolute Gasteiger partial charge is 0.284 e. The first-order chi connectivity index (χ1) is 11.4. The molecule has 2 aliphatic rings. The zero-order chi connectivity index (χ0) is 17.3. The third-order valence-electron chi connectivity index (χ3n) is 4.32. The van der Waals surface area contributed by atoms with Crippen LogP contribution in [0.4, 0.5) is 4.39 Å². The zero-order valence-electron chi connectivity index (χ0n) is 13.3. The lowest BCUT2D eigenvalue weighted by molar-refractivity contribution is -0.127. The molecule has 0 aromatic heterocycles. The number of thioether (sulfide) groups is 1. The van der Waals surface area contributed by atoms with Gasteiger partial charge in [-0.25, -0.2) is 4.39 Å². The normalized spacial score (nSPS) is 24.8. The quantitative estimate of drug-likeness (QED) is 0.820. The summed E-state index contributed by atoms with van der Waals surface area (Å²) >= 11 is 1.17. The van der Waals surface area contributed by atoms with E-state index in [-0.39, 0.29) is 27.3 Å². The first-order valence-corrected chi connectivity index (χ1v) is 10.3. The molecular formula is C16H19FN2O3S2. The van der Waals surface area contributed by atoms with Gasteiger partial charge in [-0.3, -0.25) is 9.69 Å². The van der Waals surface area contributed by atoms with Gasteiger partial charge in [-0.05, 0) is 44.0 Å². The zero-order valence-corrected chi connectivity index (χ0v) is 14.9. The Hall–Kier alpha value is -1.41. The Morgan fingerprint density at radius 2 is 1.79 bits per heavy atom. The monoisotopic (exact) mass is 370 g/mol. The van der Waals surface area contributed by atoms with E-state index >= 15 is 0 Å². The fourth-order valence-corrected chi connectivity index (χ4v) is 5.29. The maximum Gasteiger partial charge on any atom is 0.284 e. The van der Waals surface area contributed by atoms with Crippen molar-refractivity contribution in [2.24, 2.45) is 4.40 Å². The highest BCUT2D eigenvalue weighted by Gasteiger charge is 2.40. The van der Waals surface area contributed by atoms with Gasteiger partial charge >= 0.3 is 0 Å². The number of hydrogen-bond donors (Lipinski definition) is 0. The van der Waals surface area contributed by atoms with Gasteiger partial charge in [0.2, 0.25) is 5.91 Å². The van der Waals surface area contributed by atoms with Crippen molar-refractivity contribution in [3.63, 3.8) is 0 Å². The molecule has 0 N–H and O–H groups in total. The van der Waals surface area contributed by atoms with E-state index in [1.165, 1.54) is 23.9 Å². The molecule has 2 fully saturated rings. The van der Waals surface area contributed by atoms with Gasteiger partial charge in [-0.2, -0.15) is 8.42 Å². The van der Waals surface area contributed by atoms with Crippen molar-refractivity contribution in [2.45, 2.75) is 55.2 Å². The summed E-state index contributed by atoms with van der Waals surface area (Å²) < 4.78 is 41.9. The van der Waals surface area contributed by atoms with Crippen LogP contribution in [-0.2, 0) is 14.8 Å². The van der Waals surface area contributed by atoms with E-state index in [1.807, 2.05) is 0 Å². The summed E-state index contributed by atoms with van der Waals surface area (Å²) in [5.41, 5.74) is 0. The molecule has 130 valence electrons. The SMILES string of the molecule is CC1S/C(=N\S(=O)(=O)c2ccc(F)cc2)N(C2CCCCC2)C1=O. The highest BCUT2D eigenvalue weighted by molar-refractivity contribution is 8.16. The predicted octanol–water partition coefficient (Wildman–Crippen LogP) is 3.17. The topological polar surface area (TPSA) is 66.8 Å². The number of nitrogens with zero attached hydrogens (tertiary/aromatic N) is 2. The van der Waals surface area contributed by atoms with Gasteiger partial charge in [0.1, 0.15) is 5.82 Å². The second-order valence-corrected chi connectivity index (χ2v) is 8.98. The number of carbonyl (C=O) groups excluding carboxylic acids is 1. The second kappa shape index (κ2) is 6.84. The van der Waals surface area contributed by atoms with E-state index in [4.69, 9.17) is 0 Å². The fourth-order valence-electron chi connectivity index (χ4n) is 3.06. The molecule has 1 saturated carbocycles. The Bertz CT molecular complexity index is 756. The highest BCUT2D eigenvalue weighted by atomic mass is 32.2. The van der Waals surface area contributed by atoms with Gasteiger partial charge in [0.25, 0.3) is 10.0 Å². The largest absolute Gasteiger partial charge is 0.287 e. The van der Waals surface area contributed by atoms with Crippen LogP contribution in [0.2, 0.25) is 0 Å². The van der Waals surface area contributed by atoms with E-state index in [0.717, 1.165) is 44.2 Å². The van der Waals surface area contributed by atoms with Crippen LogP contribution in [0, 0.1) is 5.82 Å². The third-order valence-corrected chi connectivity index (χ3v) is 6.77. The number of amidine groups is 1. The predicted molar refractivity (Wildman–Crippen MR) is 91.8 cm³/mol. The molecule has 0 spiro atoms. The molecule has 1 atom stereocenters. The number of halogens is 1. The molecule has 3 rings (SSSR count). The Morgan fingerprint density at radius 3 is 2.42 bits per heavy atom. The minimum Gasteiger partial charge on any atom is -0.287 e. The second-order valence-electron chi connectivity index (χ2n) is 6.06. The maximum absolute atomic E-state index is 13.0. The number of amides is 1. The van der Waals surface area contributed by atoms with E-state index in [1.54, 1.807) is 11.8 Å². The molecule has 0 radical (unpaired) electrons. The summed E-state index contributed by atoms with van der Waals surface area (Å²) in [7, 11) is -3.97. The molecule has 24 heavy (non-hydrogen) atoms. The Kier molecular flexibility index (Phi) is 4.96. The van der Waals surface area contributed by atoms with Crippen molar-refractivity contribution in [3.05, 3.63) is 30.1 Å². The summed E-state index contributed by atoms with van der Waals surface area (Å²) in [6.45, 7) is 1.76. The van der Waals surface area contributed by atoms with E-state index in [2.05, 4.69) is 4.40 Å². The fraction of sp³-hybridized carbons (Fsp3) is 0.500. The minimum atomic E-state index is -3.97. The molecular weight excluding hydrogens is 351 g/mol. The number of benzene rings is 1. The molecule has 1 unspecified atom stereocenters. The van der Waals surface area contributed by atoms with Crippen molar-refractivity contribution in [1.29, 1.82) is 0 Å². The van der Waals surface area contributed by atoms with Crippen molar-refractivity contribution in [2.75, 3.05) is 0 Å². The molecule has 1 aromatic rings. The van der Waals surface area contributed by atoms with Crippen LogP contribution in [-0.4, -0.2) is 35.7 Å². The summed E-state index contributed by atoms with van der Waals surface area (Å²) in [6, 6.07) is 4.56. The third kappa shape index (κ3) is 3.49. The average Bonchev–Trinajstić information content (AvgIpc) is 2.82. The lowest BCUT2D eigenvalue weighted by atomic mass is 9.94. The Balaban J connectivity index is 1.93. The van der Waals surface area contributed by atoms with Gasteiger partial charge in [0, 0.05) is 6.04 Å². The van der Waals surface area contributed by atoms with Crippen LogP contribution >= 0.6 is 11.8 Å². The van der Waals surface area contributed by atoms with Crippen LogP contribution in [0.5, 0.6) is 0 Å². The van der Waals surface area contributed by atoms with E-state index in [0.29, 0.717) is 0 Å². The summed E-state index contributed by atoms with van der Waals surface area (Å²) in [6.07, 6.45) is 4.95. The standard InChI is InChI=1S/C16H19FN2O3S2/c1-11-15(20)19(13-5-3-2-4-6-13)16(23-11)18-24(21,22)14-9-7-12(17)8-10-14/h7-11,13H,2-6H2,1H3/b18-16-. The number of carbonyl (C=O) groups is 1.